The molecule has 1 aliphatic carbocycles. The van der Waals surface area contributed by atoms with Crippen LogP contribution in [-0.2, 0) is 4.79 Å². The van der Waals surface area contributed by atoms with Crippen molar-refractivity contribution in [2.75, 3.05) is 39.3 Å². The fourth-order valence-corrected chi connectivity index (χ4v) is 2.70. The number of rotatable bonds is 7. The minimum Gasteiger partial charge on any atom is -0.357 e. The molecular weight excluding hydrogens is 323 g/mol. The van der Waals surface area contributed by atoms with E-state index < -0.39 is 12.7 Å². The molecule has 1 amide bonds. The highest BCUT2D eigenvalue weighted by Gasteiger charge is 2.34. The lowest BCUT2D eigenvalue weighted by Crippen LogP contribution is -2.45. The zero-order chi connectivity index (χ0) is 17.6. The van der Waals surface area contributed by atoms with E-state index >= 15 is 0 Å². The fraction of sp³-hybridized carbons (Fsp3) is 0.867. The number of carbonyl (C=O) groups is 1. The van der Waals surface area contributed by atoms with Crippen molar-refractivity contribution < 1.29 is 18.0 Å². The Hall–Kier alpha value is -1.51. The molecule has 2 aliphatic rings. The lowest BCUT2D eigenvalue weighted by molar-refractivity contribution is -0.143. The number of hydrogen-bond acceptors (Lipinski definition) is 3. The normalized spacial score (nSPS) is 22.5. The van der Waals surface area contributed by atoms with E-state index in [9.17, 15) is 18.0 Å². The summed E-state index contributed by atoms with van der Waals surface area (Å²) in [5.41, 5.74) is 0. The van der Waals surface area contributed by atoms with Crippen molar-refractivity contribution in [1.82, 2.24) is 20.9 Å². The molecule has 0 aromatic carbocycles. The summed E-state index contributed by atoms with van der Waals surface area (Å²) in [6.45, 7) is 3.40. The molecule has 1 heterocycles. The van der Waals surface area contributed by atoms with E-state index in [0.717, 1.165) is 12.8 Å². The Kier molecular flexibility index (Phi) is 6.70. The van der Waals surface area contributed by atoms with Crippen LogP contribution in [0.2, 0.25) is 0 Å². The largest absolute Gasteiger partial charge is 0.401 e. The van der Waals surface area contributed by atoms with Gasteiger partial charge >= 0.3 is 6.18 Å². The highest BCUT2D eigenvalue weighted by molar-refractivity contribution is 5.81. The average Bonchev–Trinajstić information content (AvgIpc) is 3.25. The molecule has 1 saturated carbocycles. The van der Waals surface area contributed by atoms with Crippen LogP contribution in [0.25, 0.3) is 0 Å². The van der Waals surface area contributed by atoms with Gasteiger partial charge < -0.3 is 16.0 Å². The number of likely N-dealkylation sites (tertiary alicyclic amines) is 1. The summed E-state index contributed by atoms with van der Waals surface area (Å²) in [6.07, 6.45) is -1.57. The summed E-state index contributed by atoms with van der Waals surface area (Å²) in [4.78, 5) is 17.3. The van der Waals surface area contributed by atoms with E-state index in [4.69, 9.17) is 0 Å². The first-order chi connectivity index (χ1) is 11.4. The molecule has 0 aromatic heterocycles. The van der Waals surface area contributed by atoms with Crippen LogP contribution in [-0.4, -0.2) is 68.3 Å². The van der Waals surface area contributed by atoms with Crippen LogP contribution < -0.4 is 16.0 Å². The second-order valence-corrected chi connectivity index (χ2v) is 6.31. The Morgan fingerprint density at radius 2 is 2.00 bits per heavy atom. The highest BCUT2D eigenvalue weighted by atomic mass is 19.4. The maximum atomic E-state index is 12.4. The molecule has 138 valence electrons. The van der Waals surface area contributed by atoms with Crippen LogP contribution in [0.1, 0.15) is 26.2 Å². The predicted octanol–water partition coefficient (Wildman–Crippen LogP) is 0.704. The summed E-state index contributed by atoms with van der Waals surface area (Å²) < 4.78 is 37.3. The quantitative estimate of drug-likeness (QED) is 0.360. The molecule has 1 unspecified atom stereocenters. The van der Waals surface area contributed by atoms with Gasteiger partial charge in [0.1, 0.15) is 0 Å². The van der Waals surface area contributed by atoms with Crippen molar-refractivity contribution >= 4 is 11.9 Å². The summed E-state index contributed by atoms with van der Waals surface area (Å²) in [5, 5.41) is 9.09. The Labute approximate surface area is 140 Å². The fourth-order valence-electron chi connectivity index (χ4n) is 2.70. The molecule has 9 heteroatoms. The zero-order valence-electron chi connectivity index (χ0n) is 14.0. The number of hydrogen-bond donors (Lipinski definition) is 3. The summed E-state index contributed by atoms with van der Waals surface area (Å²) in [6, 6.07) is -0.0498. The number of aliphatic imine (C=N–C) groups is 1. The van der Waals surface area contributed by atoms with Crippen LogP contribution in [0.15, 0.2) is 4.99 Å². The van der Waals surface area contributed by atoms with Crippen LogP contribution in [0.5, 0.6) is 0 Å². The van der Waals surface area contributed by atoms with Crippen molar-refractivity contribution in [2.45, 2.75) is 38.4 Å². The molecule has 0 radical (unpaired) electrons. The Balaban J connectivity index is 1.71. The Morgan fingerprint density at radius 1 is 1.25 bits per heavy atom. The maximum Gasteiger partial charge on any atom is 0.401 e. The van der Waals surface area contributed by atoms with Gasteiger partial charge in [0, 0.05) is 38.1 Å². The van der Waals surface area contributed by atoms with Gasteiger partial charge in [-0.05, 0) is 26.2 Å². The Bertz CT molecular complexity index is 451. The number of nitrogens with zero attached hydrogens (tertiary/aromatic N) is 2. The van der Waals surface area contributed by atoms with E-state index in [0.29, 0.717) is 45.1 Å². The minimum atomic E-state index is -4.16. The molecule has 1 atom stereocenters. The number of alkyl halides is 3. The maximum absolute atomic E-state index is 12.4. The molecule has 0 aromatic rings. The van der Waals surface area contributed by atoms with E-state index in [2.05, 4.69) is 20.9 Å². The Morgan fingerprint density at radius 3 is 2.62 bits per heavy atom. The summed E-state index contributed by atoms with van der Waals surface area (Å²) >= 11 is 0. The van der Waals surface area contributed by atoms with Crippen molar-refractivity contribution in [2.24, 2.45) is 10.9 Å². The predicted molar refractivity (Wildman–Crippen MR) is 85.7 cm³/mol. The van der Waals surface area contributed by atoms with Crippen molar-refractivity contribution in [3.8, 4) is 0 Å². The van der Waals surface area contributed by atoms with E-state index in [-0.39, 0.29) is 17.9 Å². The number of carbonyl (C=O) groups excluding carboxylic acids is 1. The second kappa shape index (κ2) is 8.55. The summed E-state index contributed by atoms with van der Waals surface area (Å²) in [7, 11) is 0. The lowest BCUT2D eigenvalue weighted by Gasteiger charge is -2.19. The van der Waals surface area contributed by atoms with Crippen LogP contribution in [0.3, 0.4) is 0 Å². The molecule has 1 aliphatic heterocycles. The van der Waals surface area contributed by atoms with E-state index in [1.165, 1.54) is 4.90 Å². The van der Waals surface area contributed by atoms with Crippen LogP contribution >= 0.6 is 0 Å². The van der Waals surface area contributed by atoms with Gasteiger partial charge in [-0.1, -0.05) is 0 Å². The standard InChI is InChI=1S/C15H26F3N5O/c1-2-19-14(21-7-6-20-13(24)11-3-4-11)22-12-5-8-23(9-12)10-15(16,17)18/h11-12H,2-10H2,1H3,(H,20,24)(H2,19,21,22). The van der Waals surface area contributed by atoms with Crippen LogP contribution in [0, 0.1) is 5.92 Å². The van der Waals surface area contributed by atoms with Crippen molar-refractivity contribution in [1.29, 1.82) is 0 Å². The van der Waals surface area contributed by atoms with Gasteiger partial charge in [-0.25, -0.2) is 0 Å². The van der Waals surface area contributed by atoms with Gasteiger partial charge in [0.25, 0.3) is 0 Å². The number of guanidine groups is 1. The van der Waals surface area contributed by atoms with E-state index in [1.807, 2.05) is 6.92 Å². The molecule has 2 rings (SSSR count). The molecule has 1 saturated heterocycles. The first-order valence-corrected chi connectivity index (χ1v) is 8.49. The second-order valence-electron chi connectivity index (χ2n) is 6.31. The molecule has 0 bridgehead atoms. The minimum absolute atomic E-state index is 0.0498. The van der Waals surface area contributed by atoms with Gasteiger partial charge in [-0.3, -0.25) is 14.7 Å². The molecule has 6 nitrogen and oxygen atoms in total. The van der Waals surface area contributed by atoms with Crippen molar-refractivity contribution in [3.05, 3.63) is 0 Å². The monoisotopic (exact) mass is 349 g/mol. The number of nitrogens with one attached hydrogen (secondary N) is 3. The SMILES string of the molecule is CCNC(=NCCNC(=O)C1CC1)NC1CCN(CC(F)(F)F)C1. The first-order valence-electron chi connectivity index (χ1n) is 8.49. The topological polar surface area (TPSA) is 68.8 Å². The smallest absolute Gasteiger partial charge is 0.357 e. The van der Waals surface area contributed by atoms with Gasteiger partial charge in [0.15, 0.2) is 5.96 Å². The summed E-state index contributed by atoms with van der Waals surface area (Å²) in [5.74, 6) is 0.845. The molecule has 0 spiro atoms. The third kappa shape index (κ3) is 6.94. The zero-order valence-corrected chi connectivity index (χ0v) is 14.0. The van der Waals surface area contributed by atoms with Gasteiger partial charge in [-0.15, -0.1) is 0 Å². The third-order valence-electron chi connectivity index (χ3n) is 3.99. The van der Waals surface area contributed by atoms with Gasteiger partial charge in [-0.2, -0.15) is 13.2 Å². The van der Waals surface area contributed by atoms with Gasteiger partial charge in [0.2, 0.25) is 5.91 Å². The van der Waals surface area contributed by atoms with E-state index in [1.54, 1.807) is 0 Å². The molecule has 24 heavy (non-hydrogen) atoms. The molecular formula is C15H26F3N5O. The van der Waals surface area contributed by atoms with Crippen molar-refractivity contribution in [3.63, 3.8) is 0 Å². The molecule has 2 fully saturated rings. The lowest BCUT2D eigenvalue weighted by atomic mass is 10.3. The number of halogens is 3. The van der Waals surface area contributed by atoms with Gasteiger partial charge in [0.05, 0.1) is 13.1 Å². The van der Waals surface area contributed by atoms with Crippen LogP contribution in [0.4, 0.5) is 13.2 Å². The average molecular weight is 349 g/mol. The first kappa shape index (κ1) is 18.8. The molecule has 3 N–H and O–H groups in total. The highest BCUT2D eigenvalue weighted by Crippen LogP contribution is 2.28. The number of amides is 1. The third-order valence-corrected chi connectivity index (χ3v) is 3.99.